The van der Waals surface area contributed by atoms with E-state index in [2.05, 4.69) is 22.0 Å². The number of ether oxygens (including phenoxy) is 1. The average molecular weight is 399 g/mol. The minimum atomic E-state index is -0.0672. The zero-order chi connectivity index (χ0) is 20.9. The highest BCUT2D eigenvalue weighted by molar-refractivity contribution is 5.94. The highest BCUT2D eigenvalue weighted by Crippen LogP contribution is 2.23. The third kappa shape index (κ3) is 4.20. The van der Waals surface area contributed by atoms with Crippen LogP contribution in [0.15, 0.2) is 72.8 Å². The zero-order valence-corrected chi connectivity index (χ0v) is 17.3. The molecule has 4 aromatic rings. The second-order valence-corrected chi connectivity index (χ2v) is 7.29. The van der Waals surface area contributed by atoms with Crippen LogP contribution in [-0.4, -0.2) is 29.1 Å². The molecule has 1 heterocycles. The first-order chi connectivity index (χ1) is 14.7. The van der Waals surface area contributed by atoms with E-state index in [9.17, 15) is 4.79 Å². The number of benzene rings is 3. The van der Waals surface area contributed by atoms with Crippen LogP contribution in [-0.2, 0) is 13.0 Å². The van der Waals surface area contributed by atoms with Crippen molar-refractivity contribution < 1.29 is 9.53 Å². The van der Waals surface area contributed by atoms with Gasteiger partial charge in [-0.25, -0.2) is 4.98 Å². The Hall–Kier alpha value is -3.60. The fourth-order valence-electron chi connectivity index (χ4n) is 3.59. The van der Waals surface area contributed by atoms with E-state index in [4.69, 9.17) is 9.72 Å². The molecule has 0 bridgehead atoms. The van der Waals surface area contributed by atoms with Gasteiger partial charge in [0.15, 0.2) is 0 Å². The van der Waals surface area contributed by atoms with Crippen LogP contribution in [0.4, 0.5) is 0 Å². The van der Waals surface area contributed by atoms with Crippen LogP contribution in [0.3, 0.4) is 0 Å². The molecule has 0 aliphatic rings. The van der Waals surface area contributed by atoms with Crippen LogP contribution in [0.25, 0.3) is 11.0 Å². The molecule has 0 aliphatic carbocycles. The Labute approximate surface area is 176 Å². The Morgan fingerprint density at radius 2 is 1.73 bits per heavy atom. The number of amides is 1. The molecule has 30 heavy (non-hydrogen) atoms. The van der Waals surface area contributed by atoms with Crippen molar-refractivity contribution in [1.29, 1.82) is 0 Å². The van der Waals surface area contributed by atoms with Crippen LogP contribution >= 0.6 is 0 Å². The zero-order valence-electron chi connectivity index (χ0n) is 17.3. The monoisotopic (exact) mass is 399 g/mol. The number of aromatic nitrogens is 2. The molecular formula is C25H25N3O2. The minimum Gasteiger partial charge on any atom is -0.496 e. The Balaban J connectivity index is 1.54. The smallest absolute Gasteiger partial charge is 0.251 e. The summed E-state index contributed by atoms with van der Waals surface area (Å²) >= 11 is 0. The van der Waals surface area contributed by atoms with Gasteiger partial charge in [0.1, 0.15) is 11.6 Å². The summed E-state index contributed by atoms with van der Waals surface area (Å²) in [5, 5.41) is 3.01. The van der Waals surface area contributed by atoms with Gasteiger partial charge in [0, 0.05) is 24.1 Å². The number of fused-ring (bicyclic) bond motifs is 1. The number of hydrogen-bond donors (Lipinski definition) is 1. The van der Waals surface area contributed by atoms with Crippen molar-refractivity contribution >= 4 is 16.9 Å². The molecule has 1 N–H and O–H groups in total. The predicted octanol–water partition coefficient (Wildman–Crippen LogP) is 4.37. The lowest BCUT2D eigenvalue weighted by Gasteiger charge is -2.13. The minimum absolute atomic E-state index is 0.0672. The maximum Gasteiger partial charge on any atom is 0.251 e. The molecular weight excluding hydrogens is 374 g/mol. The first-order valence-corrected chi connectivity index (χ1v) is 10.1. The molecule has 152 valence electrons. The van der Waals surface area contributed by atoms with Gasteiger partial charge in [0.25, 0.3) is 5.91 Å². The van der Waals surface area contributed by atoms with E-state index in [1.807, 2.05) is 67.6 Å². The third-order valence-electron chi connectivity index (χ3n) is 5.20. The molecule has 1 amide bonds. The molecule has 5 heteroatoms. The number of carbonyl (C=O) groups is 1. The molecule has 0 radical (unpaired) electrons. The predicted molar refractivity (Wildman–Crippen MR) is 119 cm³/mol. The first-order valence-electron chi connectivity index (χ1n) is 10.1. The van der Waals surface area contributed by atoms with Gasteiger partial charge >= 0.3 is 0 Å². The number of nitrogens with zero attached hydrogens (tertiary/aromatic N) is 2. The van der Waals surface area contributed by atoms with E-state index in [1.54, 1.807) is 7.11 Å². The summed E-state index contributed by atoms with van der Waals surface area (Å²) < 4.78 is 7.72. The maximum absolute atomic E-state index is 12.4. The van der Waals surface area contributed by atoms with Crippen molar-refractivity contribution in [1.82, 2.24) is 14.9 Å². The number of carbonyl (C=O) groups excluding carboxylic acids is 1. The van der Waals surface area contributed by atoms with Crippen molar-refractivity contribution in [3.05, 3.63) is 95.3 Å². The fraction of sp³-hybridized carbons (Fsp3) is 0.200. The van der Waals surface area contributed by atoms with E-state index >= 15 is 0 Å². The van der Waals surface area contributed by atoms with E-state index in [-0.39, 0.29) is 5.91 Å². The maximum atomic E-state index is 12.4. The van der Waals surface area contributed by atoms with Crippen LogP contribution < -0.4 is 10.1 Å². The average Bonchev–Trinajstić information content (AvgIpc) is 3.12. The molecule has 0 aliphatic heterocycles. The lowest BCUT2D eigenvalue weighted by Crippen LogP contribution is -2.26. The summed E-state index contributed by atoms with van der Waals surface area (Å²) in [6, 6.07) is 23.7. The topological polar surface area (TPSA) is 56.1 Å². The molecule has 3 aromatic carbocycles. The summed E-state index contributed by atoms with van der Waals surface area (Å²) in [6.45, 7) is 3.18. The van der Waals surface area contributed by atoms with Gasteiger partial charge < -0.3 is 14.6 Å². The Kier molecular flexibility index (Phi) is 5.80. The lowest BCUT2D eigenvalue weighted by molar-refractivity contribution is 0.0954. The third-order valence-corrected chi connectivity index (χ3v) is 5.20. The Morgan fingerprint density at radius 3 is 2.53 bits per heavy atom. The van der Waals surface area contributed by atoms with Crippen LogP contribution in [0, 0.1) is 6.92 Å². The van der Waals surface area contributed by atoms with Crippen LogP contribution in [0.5, 0.6) is 5.75 Å². The van der Waals surface area contributed by atoms with Gasteiger partial charge in [-0.3, -0.25) is 4.79 Å². The highest BCUT2D eigenvalue weighted by atomic mass is 16.5. The SMILES string of the molecule is COc1ccccc1Cn1c(CCNC(=O)c2ccc(C)cc2)nc2ccccc21. The molecule has 0 saturated heterocycles. The van der Waals surface area contributed by atoms with Crippen LogP contribution in [0.1, 0.15) is 27.3 Å². The first kappa shape index (κ1) is 19.7. The van der Waals surface area contributed by atoms with Crippen molar-refractivity contribution in [3.8, 4) is 5.75 Å². The molecule has 0 fully saturated rings. The number of hydrogen-bond acceptors (Lipinski definition) is 3. The molecule has 0 atom stereocenters. The van der Waals surface area contributed by atoms with Crippen molar-refractivity contribution in [2.45, 2.75) is 19.9 Å². The second-order valence-electron chi connectivity index (χ2n) is 7.29. The van der Waals surface area contributed by atoms with Crippen molar-refractivity contribution in [2.24, 2.45) is 0 Å². The lowest BCUT2D eigenvalue weighted by atomic mass is 10.1. The molecule has 0 saturated carbocycles. The van der Waals surface area contributed by atoms with Gasteiger partial charge in [-0.2, -0.15) is 0 Å². The highest BCUT2D eigenvalue weighted by Gasteiger charge is 2.13. The van der Waals surface area contributed by atoms with Gasteiger partial charge in [-0.15, -0.1) is 0 Å². The van der Waals surface area contributed by atoms with Gasteiger partial charge in [0.05, 0.1) is 24.7 Å². The molecule has 4 rings (SSSR count). The largest absolute Gasteiger partial charge is 0.496 e. The van der Waals surface area contributed by atoms with Crippen molar-refractivity contribution in [3.63, 3.8) is 0 Å². The summed E-state index contributed by atoms with van der Waals surface area (Å²) in [5.74, 6) is 1.72. The Morgan fingerprint density at radius 1 is 1.00 bits per heavy atom. The van der Waals surface area contributed by atoms with E-state index in [1.165, 1.54) is 0 Å². The Bertz CT molecular complexity index is 1160. The number of aryl methyl sites for hydroxylation is 1. The normalized spacial score (nSPS) is 10.9. The molecule has 5 nitrogen and oxygen atoms in total. The van der Waals surface area contributed by atoms with E-state index < -0.39 is 0 Å². The molecule has 0 unspecified atom stereocenters. The van der Waals surface area contributed by atoms with E-state index in [0.717, 1.165) is 33.7 Å². The quantitative estimate of drug-likeness (QED) is 0.502. The number of methoxy groups -OCH3 is 1. The van der Waals surface area contributed by atoms with Crippen molar-refractivity contribution in [2.75, 3.05) is 13.7 Å². The van der Waals surface area contributed by atoms with Gasteiger partial charge in [-0.05, 0) is 37.3 Å². The number of rotatable bonds is 7. The molecule has 0 spiro atoms. The van der Waals surface area contributed by atoms with Gasteiger partial charge in [0.2, 0.25) is 0 Å². The number of imidazole rings is 1. The fourth-order valence-corrected chi connectivity index (χ4v) is 3.59. The summed E-state index contributed by atoms with van der Waals surface area (Å²) in [5.41, 5.74) is 4.92. The van der Waals surface area contributed by atoms with Crippen LogP contribution in [0.2, 0.25) is 0 Å². The number of nitrogens with one attached hydrogen (secondary N) is 1. The standard InChI is InChI=1S/C25H25N3O2/c1-18-11-13-19(14-12-18)25(29)26-16-15-24-27-21-8-4-5-9-22(21)28(24)17-20-7-3-6-10-23(20)30-2/h3-14H,15-17H2,1-2H3,(H,26,29). The summed E-state index contributed by atoms with van der Waals surface area (Å²) in [6.07, 6.45) is 0.640. The number of para-hydroxylation sites is 3. The molecule has 1 aromatic heterocycles. The second kappa shape index (κ2) is 8.82. The van der Waals surface area contributed by atoms with Gasteiger partial charge in [-0.1, -0.05) is 48.0 Å². The van der Waals surface area contributed by atoms with E-state index in [0.29, 0.717) is 25.1 Å². The summed E-state index contributed by atoms with van der Waals surface area (Å²) in [4.78, 5) is 17.2. The summed E-state index contributed by atoms with van der Waals surface area (Å²) in [7, 11) is 1.69.